The van der Waals surface area contributed by atoms with Gasteiger partial charge in [0.1, 0.15) is 17.2 Å². The first-order chi connectivity index (χ1) is 12.2. The van der Waals surface area contributed by atoms with Gasteiger partial charge in [0, 0.05) is 18.7 Å². The molecular weight excluding hydrogens is 338 g/mol. The first-order valence-corrected chi connectivity index (χ1v) is 8.62. The minimum Gasteiger partial charge on any atom is -0.497 e. The van der Waals surface area contributed by atoms with Crippen molar-refractivity contribution in [3.8, 4) is 11.5 Å². The maximum absolute atomic E-state index is 15.5. The lowest BCUT2D eigenvalue weighted by Crippen LogP contribution is -2.41. The van der Waals surface area contributed by atoms with Crippen molar-refractivity contribution in [2.75, 3.05) is 27.9 Å². The van der Waals surface area contributed by atoms with Gasteiger partial charge in [0.15, 0.2) is 0 Å². The molecule has 0 aliphatic carbocycles. The van der Waals surface area contributed by atoms with Crippen LogP contribution in [0.3, 0.4) is 0 Å². The highest BCUT2D eigenvalue weighted by Crippen LogP contribution is 2.42. The van der Waals surface area contributed by atoms with Gasteiger partial charge in [0.05, 0.1) is 32.0 Å². The summed E-state index contributed by atoms with van der Waals surface area (Å²) < 4.78 is 43.0. The molecule has 0 unspecified atom stereocenters. The number of hydrogen-bond donors (Lipinski definition) is 0. The smallest absolute Gasteiger partial charge is 0.497 e. The molecule has 1 saturated heterocycles. The summed E-state index contributed by atoms with van der Waals surface area (Å²) in [6, 6.07) is 5.26. The summed E-state index contributed by atoms with van der Waals surface area (Å²) in [6.07, 6.45) is 0.356. The molecule has 0 bridgehead atoms. The summed E-state index contributed by atoms with van der Waals surface area (Å²) in [5, 5.41) is 0. The second kappa shape index (κ2) is 7.98. The highest BCUT2D eigenvalue weighted by atomic mass is 19.1. The predicted octanol–water partition coefficient (Wildman–Crippen LogP) is 4.05. The Labute approximate surface area is 155 Å². The Kier molecular flexibility index (Phi) is 6.37. The molecule has 1 aliphatic heterocycles. The molecule has 0 amide bonds. The van der Waals surface area contributed by atoms with Gasteiger partial charge in [-0.15, -0.1) is 0 Å². The third kappa shape index (κ3) is 4.05. The van der Waals surface area contributed by atoms with Crippen molar-refractivity contribution < 1.29 is 27.9 Å². The molecular formula is C19H28BFO5. The van der Waals surface area contributed by atoms with Crippen LogP contribution in [0.2, 0.25) is 0 Å². The Morgan fingerprint density at radius 2 is 1.65 bits per heavy atom. The maximum atomic E-state index is 15.5. The minimum absolute atomic E-state index is 0.356. The second-order valence-electron chi connectivity index (χ2n) is 7.22. The van der Waals surface area contributed by atoms with Gasteiger partial charge in [-0.05, 0) is 51.8 Å². The van der Waals surface area contributed by atoms with E-state index >= 15 is 4.39 Å². The molecule has 0 N–H and O–H groups in total. The molecule has 0 atom stereocenters. The van der Waals surface area contributed by atoms with E-state index in [2.05, 4.69) is 0 Å². The van der Waals surface area contributed by atoms with Gasteiger partial charge in [-0.1, -0.05) is 0 Å². The third-order valence-electron chi connectivity index (χ3n) is 5.04. The van der Waals surface area contributed by atoms with Crippen LogP contribution in [-0.2, 0) is 14.0 Å². The number of rotatable bonds is 7. The number of hydrogen-bond acceptors (Lipinski definition) is 5. The fourth-order valence-electron chi connectivity index (χ4n) is 2.72. The monoisotopic (exact) mass is 366 g/mol. The Bertz CT molecular complexity index is 656. The lowest BCUT2D eigenvalue weighted by molar-refractivity contribution is 0.00578. The van der Waals surface area contributed by atoms with Crippen LogP contribution in [0.1, 0.15) is 39.7 Å². The molecule has 1 aromatic rings. The van der Waals surface area contributed by atoms with Crippen molar-refractivity contribution in [1.82, 2.24) is 0 Å². The zero-order valence-electron chi connectivity index (χ0n) is 16.6. The van der Waals surface area contributed by atoms with Gasteiger partial charge in [0.2, 0.25) is 0 Å². The molecule has 0 aromatic heterocycles. The van der Waals surface area contributed by atoms with Gasteiger partial charge >= 0.3 is 7.12 Å². The van der Waals surface area contributed by atoms with Gasteiger partial charge in [-0.25, -0.2) is 4.39 Å². The van der Waals surface area contributed by atoms with Gasteiger partial charge in [-0.3, -0.25) is 0 Å². The van der Waals surface area contributed by atoms with Crippen molar-refractivity contribution in [2.45, 2.75) is 45.3 Å². The molecule has 1 aliphatic rings. The quantitative estimate of drug-likeness (QED) is 0.682. The van der Waals surface area contributed by atoms with E-state index in [0.717, 1.165) is 0 Å². The number of ether oxygens (including phenoxy) is 3. The van der Waals surface area contributed by atoms with Crippen molar-refractivity contribution in [1.29, 1.82) is 0 Å². The molecule has 1 fully saturated rings. The molecule has 144 valence electrons. The van der Waals surface area contributed by atoms with Crippen molar-refractivity contribution in [3.05, 3.63) is 29.5 Å². The first kappa shape index (κ1) is 20.7. The molecule has 1 heterocycles. The Morgan fingerprint density at radius 1 is 1.04 bits per heavy atom. The van der Waals surface area contributed by atoms with Gasteiger partial charge in [-0.2, -0.15) is 0 Å². The molecule has 0 spiro atoms. The fraction of sp³-hybridized carbons (Fsp3) is 0.579. The standard InChI is InChI=1S/C19H28BFO5/c1-18(2)19(3,4)26-20(25-18)17(21)15(10-11-22-5)14-9-8-13(23-6)12-16(14)24-7/h8-9,12H,10-11H2,1-7H3. The summed E-state index contributed by atoms with van der Waals surface area (Å²) in [6.45, 7) is 7.93. The molecule has 0 saturated carbocycles. The summed E-state index contributed by atoms with van der Waals surface area (Å²) in [5.41, 5.74) is -0.650. The second-order valence-corrected chi connectivity index (χ2v) is 7.22. The summed E-state index contributed by atoms with van der Waals surface area (Å²) >= 11 is 0. The van der Waals surface area contributed by atoms with Crippen LogP contribution >= 0.6 is 0 Å². The largest absolute Gasteiger partial charge is 0.525 e. The Hall–Kier alpha value is -1.57. The first-order valence-electron chi connectivity index (χ1n) is 8.62. The van der Waals surface area contributed by atoms with E-state index in [1.807, 2.05) is 27.7 Å². The summed E-state index contributed by atoms with van der Waals surface area (Å²) in [7, 11) is 3.62. The van der Waals surface area contributed by atoms with E-state index < -0.39 is 24.0 Å². The number of halogens is 1. The topological polar surface area (TPSA) is 46.2 Å². The van der Waals surface area contributed by atoms with Gasteiger partial charge in [0.25, 0.3) is 0 Å². The van der Waals surface area contributed by atoms with E-state index in [1.165, 1.54) is 0 Å². The number of benzene rings is 1. The van der Waals surface area contributed by atoms with Crippen LogP contribution in [0.25, 0.3) is 5.57 Å². The normalized spacial score (nSPS) is 19.3. The lowest BCUT2D eigenvalue weighted by atomic mass is 9.81. The average Bonchev–Trinajstić information content (AvgIpc) is 2.82. The highest BCUT2D eigenvalue weighted by Gasteiger charge is 2.53. The lowest BCUT2D eigenvalue weighted by Gasteiger charge is -2.32. The summed E-state index contributed by atoms with van der Waals surface area (Å²) in [4.78, 5) is 0. The Balaban J connectivity index is 2.49. The molecule has 26 heavy (non-hydrogen) atoms. The maximum Gasteiger partial charge on any atom is 0.525 e. The van der Waals surface area contributed by atoms with Crippen LogP contribution in [0.5, 0.6) is 11.5 Å². The van der Waals surface area contributed by atoms with Crippen molar-refractivity contribution in [2.24, 2.45) is 0 Å². The SMILES string of the molecule is COCCC(=C(F)B1OC(C)(C)C(C)(C)O1)c1ccc(OC)cc1OC. The minimum atomic E-state index is -1.07. The van der Waals surface area contributed by atoms with E-state index in [1.54, 1.807) is 39.5 Å². The van der Waals surface area contributed by atoms with Crippen LogP contribution < -0.4 is 9.47 Å². The van der Waals surface area contributed by atoms with Crippen LogP contribution in [0.4, 0.5) is 4.39 Å². The van der Waals surface area contributed by atoms with Crippen molar-refractivity contribution >= 4 is 12.7 Å². The molecule has 1 aromatic carbocycles. The van der Waals surface area contributed by atoms with E-state index in [4.69, 9.17) is 23.5 Å². The average molecular weight is 366 g/mol. The van der Waals surface area contributed by atoms with E-state index in [0.29, 0.717) is 35.7 Å². The molecule has 2 rings (SSSR count). The highest BCUT2D eigenvalue weighted by molar-refractivity contribution is 6.55. The van der Waals surface area contributed by atoms with Crippen LogP contribution in [0, 0.1) is 0 Å². The van der Waals surface area contributed by atoms with Crippen molar-refractivity contribution in [3.63, 3.8) is 0 Å². The Morgan fingerprint density at radius 3 is 2.15 bits per heavy atom. The van der Waals surface area contributed by atoms with Crippen LogP contribution in [-0.4, -0.2) is 46.3 Å². The third-order valence-corrected chi connectivity index (χ3v) is 5.04. The number of methoxy groups -OCH3 is 3. The van der Waals surface area contributed by atoms with E-state index in [9.17, 15) is 0 Å². The zero-order valence-corrected chi connectivity index (χ0v) is 16.6. The fourth-order valence-corrected chi connectivity index (χ4v) is 2.72. The molecule has 7 heteroatoms. The summed E-state index contributed by atoms with van der Waals surface area (Å²) in [5.74, 6) is 1.15. The van der Waals surface area contributed by atoms with Crippen LogP contribution in [0.15, 0.2) is 23.9 Å². The zero-order chi connectivity index (χ0) is 19.5. The molecule has 0 radical (unpaired) electrons. The molecule has 5 nitrogen and oxygen atoms in total. The van der Waals surface area contributed by atoms with Gasteiger partial charge < -0.3 is 23.5 Å². The predicted molar refractivity (Wildman–Crippen MR) is 100 cm³/mol. The van der Waals surface area contributed by atoms with E-state index in [-0.39, 0.29) is 0 Å².